The maximum absolute atomic E-state index is 14.1. The van der Waals surface area contributed by atoms with E-state index in [2.05, 4.69) is 6.07 Å². The fourth-order valence-corrected chi connectivity index (χ4v) is 2.91. The Morgan fingerprint density at radius 3 is 2.65 bits per heavy atom. The zero-order valence-corrected chi connectivity index (χ0v) is 13.0. The summed E-state index contributed by atoms with van der Waals surface area (Å²) < 4.78 is 14.1. The van der Waals surface area contributed by atoms with Gasteiger partial charge < -0.3 is 4.90 Å². The van der Waals surface area contributed by atoms with E-state index in [1.54, 1.807) is 18.2 Å². The number of nitriles is 1. The number of nitrogens with zero attached hydrogens (tertiary/aromatic N) is 3. The summed E-state index contributed by atoms with van der Waals surface area (Å²) in [4.78, 5) is 15.9. The molecule has 1 heterocycles. The summed E-state index contributed by atoms with van der Waals surface area (Å²) in [6.07, 6.45) is 0. The SMILES string of the molecule is CN(C)Cc1ccc2c(c1)C(C#N)N(c1ccccc1F)C2=O. The Hall–Kier alpha value is -2.71. The molecule has 1 aliphatic rings. The maximum atomic E-state index is 14.1. The molecule has 1 atom stereocenters. The molecule has 1 unspecified atom stereocenters. The molecule has 0 radical (unpaired) electrons. The lowest BCUT2D eigenvalue weighted by molar-refractivity contribution is 0.0993. The van der Waals surface area contributed by atoms with E-state index in [4.69, 9.17) is 0 Å². The first-order valence-corrected chi connectivity index (χ1v) is 7.28. The number of halogens is 1. The van der Waals surface area contributed by atoms with Crippen LogP contribution in [0.25, 0.3) is 0 Å². The van der Waals surface area contributed by atoms with Gasteiger partial charge >= 0.3 is 0 Å². The van der Waals surface area contributed by atoms with E-state index in [1.165, 1.54) is 17.0 Å². The molecule has 0 N–H and O–H groups in total. The molecular formula is C18H16FN3O. The first-order chi connectivity index (χ1) is 11.0. The Morgan fingerprint density at radius 1 is 1.26 bits per heavy atom. The zero-order chi connectivity index (χ0) is 16.6. The molecule has 0 aliphatic carbocycles. The number of benzene rings is 2. The van der Waals surface area contributed by atoms with E-state index < -0.39 is 11.9 Å². The molecule has 0 spiro atoms. The molecule has 1 amide bonds. The number of anilines is 1. The Labute approximate surface area is 134 Å². The molecular weight excluding hydrogens is 293 g/mol. The molecule has 23 heavy (non-hydrogen) atoms. The molecule has 0 saturated heterocycles. The fraction of sp³-hybridized carbons (Fsp3) is 0.222. The third kappa shape index (κ3) is 2.58. The van der Waals surface area contributed by atoms with Crippen molar-refractivity contribution in [2.75, 3.05) is 19.0 Å². The van der Waals surface area contributed by atoms with E-state index >= 15 is 0 Å². The number of carbonyl (C=O) groups excluding carboxylic acids is 1. The number of hydrogen-bond acceptors (Lipinski definition) is 3. The molecule has 5 heteroatoms. The van der Waals surface area contributed by atoms with Crippen molar-refractivity contribution in [1.82, 2.24) is 4.90 Å². The third-order valence-electron chi connectivity index (χ3n) is 3.85. The summed E-state index contributed by atoms with van der Waals surface area (Å²) >= 11 is 0. The Balaban J connectivity index is 2.08. The van der Waals surface area contributed by atoms with E-state index in [-0.39, 0.29) is 11.6 Å². The van der Waals surface area contributed by atoms with Crippen LogP contribution in [0.4, 0.5) is 10.1 Å². The van der Waals surface area contributed by atoms with E-state index in [9.17, 15) is 14.4 Å². The van der Waals surface area contributed by atoms with Crippen LogP contribution >= 0.6 is 0 Å². The standard InChI is InChI=1S/C18H16FN3O/c1-21(2)11-12-7-8-13-14(9-12)17(10-20)22(18(13)23)16-6-4-3-5-15(16)19/h3-9,17H,11H2,1-2H3. The van der Waals surface area contributed by atoms with Crippen molar-refractivity contribution in [3.05, 3.63) is 65.0 Å². The van der Waals surface area contributed by atoms with Crippen molar-refractivity contribution in [3.8, 4) is 6.07 Å². The van der Waals surface area contributed by atoms with Gasteiger partial charge in [0.25, 0.3) is 5.91 Å². The van der Waals surface area contributed by atoms with Crippen molar-refractivity contribution in [3.63, 3.8) is 0 Å². The molecule has 2 aromatic rings. The van der Waals surface area contributed by atoms with Crippen LogP contribution in [0.3, 0.4) is 0 Å². The van der Waals surface area contributed by atoms with Crippen molar-refractivity contribution in [2.24, 2.45) is 0 Å². The quantitative estimate of drug-likeness (QED) is 0.875. The van der Waals surface area contributed by atoms with Crippen LogP contribution in [0.5, 0.6) is 0 Å². The molecule has 0 bridgehead atoms. The molecule has 4 nitrogen and oxygen atoms in total. The fourth-order valence-electron chi connectivity index (χ4n) is 2.91. The number of amides is 1. The van der Waals surface area contributed by atoms with Crippen LogP contribution in [0.2, 0.25) is 0 Å². The molecule has 116 valence electrons. The summed E-state index contributed by atoms with van der Waals surface area (Å²) in [5.74, 6) is -0.851. The molecule has 0 aromatic heterocycles. The lowest BCUT2D eigenvalue weighted by atomic mass is 10.0. The highest BCUT2D eigenvalue weighted by Gasteiger charge is 2.39. The predicted molar refractivity (Wildman–Crippen MR) is 85.4 cm³/mol. The van der Waals surface area contributed by atoms with Gasteiger partial charge in [-0.25, -0.2) is 4.39 Å². The minimum atomic E-state index is -0.809. The summed E-state index contributed by atoms with van der Waals surface area (Å²) in [7, 11) is 3.90. The lowest BCUT2D eigenvalue weighted by Crippen LogP contribution is -2.27. The average molecular weight is 309 g/mol. The topological polar surface area (TPSA) is 47.3 Å². The van der Waals surface area contributed by atoms with Crippen molar-refractivity contribution in [2.45, 2.75) is 12.6 Å². The highest BCUT2D eigenvalue weighted by atomic mass is 19.1. The number of carbonyl (C=O) groups is 1. The van der Waals surface area contributed by atoms with Crippen molar-refractivity contribution < 1.29 is 9.18 Å². The zero-order valence-electron chi connectivity index (χ0n) is 13.0. The minimum Gasteiger partial charge on any atom is -0.305 e. The highest BCUT2D eigenvalue weighted by Crippen LogP contribution is 2.38. The first kappa shape index (κ1) is 15.2. The lowest BCUT2D eigenvalue weighted by Gasteiger charge is -2.20. The van der Waals surface area contributed by atoms with E-state index in [0.29, 0.717) is 17.7 Å². The molecule has 2 aromatic carbocycles. The third-order valence-corrected chi connectivity index (χ3v) is 3.85. The van der Waals surface area contributed by atoms with Crippen LogP contribution in [0.15, 0.2) is 42.5 Å². The second-order valence-electron chi connectivity index (χ2n) is 5.82. The normalized spacial score (nSPS) is 16.6. The van der Waals surface area contributed by atoms with Crippen molar-refractivity contribution >= 4 is 11.6 Å². The van der Waals surface area contributed by atoms with Crippen LogP contribution in [0, 0.1) is 17.1 Å². The summed E-state index contributed by atoms with van der Waals surface area (Å²) in [5, 5.41) is 9.55. The number of fused-ring (bicyclic) bond motifs is 1. The van der Waals surface area contributed by atoms with Gasteiger partial charge in [-0.2, -0.15) is 5.26 Å². The number of para-hydroxylation sites is 1. The first-order valence-electron chi connectivity index (χ1n) is 7.28. The Morgan fingerprint density at radius 2 is 2.00 bits per heavy atom. The van der Waals surface area contributed by atoms with Gasteiger partial charge in [0.15, 0.2) is 6.04 Å². The van der Waals surface area contributed by atoms with Crippen LogP contribution in [-0.4, -0.2) is 24.9 Å². The van der Waals surface area contributed by atoms with Crippen LogP contribution in [0.1, 0.15) is 27.5 Å². The average Bonchev–Trinajstić information content (AvgIpc) is 2.79. The summed E-state index contributed by atoms with van der Waals surface area (Å²) in [6.45, 7) is 0.708. The maximum Gasteiger partial charge on any atom is 0.260 e. The van der Waals surface area contributed by atoms with E-state index in [1.807, 2.05) is 31.1 Å². The largest absolute Gasteiger partial charge is 0.305 e. The summed E-state index contributed by atoms with van der Waals surface area (Å²) in [6, 6.07) is 12.8. The molecule has 1 aliphatic heterocycles. The highest BCUT2D eigenvalue weighted by molar-refractivity contribution is 6.11. The van der Waals surface area contributed by atoms with Gasteiger partial charge in [0.1, 0.15) is 5.82 Å². The monoisotopic (exact) mass is 309 g/mol. The van der Waals surface area contributed by atoms with Gasteiger partial charge in [-0.1, -0.05) is 24.3 Å². The van der Waals surface area contributed by atoms with Gasteiger partial charge in [0, 0.05) is 17.7 Å². The Bertz CT molecular complexity index is 810. The minimum absolute atomic E-state index is 0.134. The van der Waals surface area contributed by atoms with Crippen molar-refractivity contribution in [1.29, 1.82) is 5.26 Å². The van der Waals surface area contributed by atoms with Gasteiger partial charge in [0.05, 0.1) is 11.8 Å². The Kier molecular flexibility index (Phi) is 3.85. The van der Waals surface area contributed by atoms with Gasteiger partial charge in [-0.15, -0.1) is 0 Å². The predicted octanol–water partition coefficient (Wildman–Crippen LogP) is 3.11. The molecule has 0 saturated carbocycles. The van der Waals surface area contributed by atoms with Gasteiger partial charge in [-0.3, -0.25) is 9.69 Å². The van der Waals surface area contributed by atoms with Gasteiger partial charge in [0.2, 0.25) is 0 Å². The van der Waals surface area contributed by atoms with Crippen LogP contribution in [-0.2, 0) is 6.54 Å². The van der Waals surface area contributed by atoms with E-state index in [0.717, 1.165) is 5.56 Å². The smallest absolute Gasteiger partial charge is 0.260 e. The molecule has 0 fully saturated rings. The second-order valence-corrected chi connectivity index (χ2v) is 5.82. The van der Waals surface area contributed by atoms with Crippen LogP contribution < -0.4 is 4.90 Å². The number of hydrogen-bond donors (Lipinski definition) is 0. The molecule has 3 rings (SSSR count). The second kappa shape index (κ2) is 5.82. The van der Waals surface area contributed by atoms with Gasteiger partial charge in [-0.05, 0) is 37.9 Å². The summed E-state index contributed by atoms with van der Waals surface area (Å²) in [5.41, 5.74) is 2.24. The number of rotatable bonds is 3.